The molecule has 37 heavy (non-hydrogen) atoms. The molecule has 1 fully saturated rings. The van der Waals surface area contributed by atoms with Crippen molar-refractivity contribution in [3.8, 4) is 5.75 Å². The molecule has 0 N–H and O–H groups in total. The number of halogens is 3. The van der Waals surface area contributed by atoms with Crippen LogP contribution in [0.15, 0.2) is 46.9 Å². The van der Waals surface area contributed by atoms with Crippen LogP contribution in [0, 0.1) is 12.3 Å². The highest BCUT2D eigenvalue weighted by Gasteiger charge is 2.42. The Morgan fingerprint density at radius 2 is 1.92 bits per heavy atom. The van der Waals surface area contributed by atoms with Crippen LogP contribution in [0.5, 0.6) is 5.75 Å². The summed E-state index contributed by atoms with van der Waals surface area (Å²) in [5, 5.41) is 0. The number of carbonyl (C=O) groups excluding carboxylic acids is 1. The van der Waals surface area contributed by atoms with Gasteiger partial charge in [-0.2, -0.15) is 13.2 Å². The van der Waals surface area contributed by atoms with Gasteiger partial charge in [-0.3, -0.25) is 4.90 Å². The number of aryl methyl sites for hydroxylation is 1. The lowest BCUT2D eigenvalue weighted by Gasteiger charge is -2.36. The molecule has 0 saturated carbocycles. The second-order valence-corrected chi connectivity index (χ2v) is 11.7. The minimum Gasteiger partial charge on any atom is -0.496 e. The van der Waals surface area contributed by atoms with Crippen LogP contribution >= 0.6 is 11.8 Å². The fourth-order valence-electron chi connectivity index (χ4n) is 5.45. The van der Waals surface area contributed by atoms with E-state index in [1.807, 2.05) is 25.3 Å². The van der Waals surface area contributed by atoms with Crippen LogP contribution in [0.4, 0.5) is 18.0 Å². The summed E-state index contributed by atoms with van der Waals surface area (Å²) in [7, 11) is 1.66. The van der Waals surface area contributed by atoms with Crippen molar-refractivity contribution in [3.05, 3.63) is 64.2 Å². The Balaban J connectivity index is 1.70. The lowest BCUT2D eigenvalue weighted by molar-refractivity contribution is -0.137. The molecule has 0 aromatic heterocycles. The number of ether oxygens (including phenoxy) is 2. The molecule has 0 spiro atoms. The lowest BCUT2D eigenvalue weighted by atomic mass is 9.72. The molecule has 1 saturated heterocycles. The van der Waals surface area contributed by atoms with Crippen molar-refractivity contribution in [3.63, 3.8) is 0 Å². The maximum absolute atomic E-state index is 13.5. The fourth-order valence-corrected chi connectivity index (χ4v) is 5.88. The van der Waals surface area contributed by atoms with E-state index < -0.39 is 30.0 Å². The molecular weight excluding hydrogens is 499 g/mol. The molecule has 2 aromatic carbocycles. The average Bonchev–Trinajstić information content (AvgIpc) is 3.10. The number of nitrogens with zero attached hydrogens (tertiary/aromatic N) is 1. The predicted octanol–water partition coefficient (Wildman–Crippen LogP) is 8.29. The normalized spacial score (nSPS) is 21.9. The Kier molecular flexibility index (Phi) is 7.62. The smallest absolute Gasteiger partial charge is 0.416 e. The van der Waals surface area contributed by atoms with Crippen LogP contribution in [-0.2, 0) is 10.9 Å². The van der Waals surface area contributed by atoms with Crippen molar-refractivity contribution in [2.24, 2.45) is 5.41 Å². The Hall–Kier alpha value is -2.61. The molecule has 200 valence electrons. The fraction of sp³-hybridized carbons (Fsp3) is 0.483. The zero-order valence-corrected chi connectivity index (χ0v) is 23.0. The third-order valence-corrected chi connectivity index (χ3v) is 8.14. The van der Waals surface area contributed by atoms with Gasteiger partial charge in [0.2, 0.25) is 0 Å². The second-order valence-electron chi connectivity index (χ2n) is 10.8. The number of amides is 1. The van der Waals surface area contributed by atoms with E-state index in [-0.39, 0.29) is 5.41 Å². The van der Waals surface area contributed by atoms with Gasteiger partial charge in [-0.15, -0.1) is 11.8 Å². The van der Waals surface area contributed by atoms with E-state index in [1.54, 1.807) is 36.8 Å². The van der Waals surface area contributed by atoms with Gasteiger partial charge in [0, 0.05) is 17.0 Å². The minimum atomic E-state index is -4.47. The summed E-state index contributed by atoms with van der Waals surface area (Å²) in [5.41, 5.74) is 3.51. The molecule has 0 radical (unpaired) electrons. The molecule has 1 aliphatic carbocycles. The number of benzene rings is 2. The van der Waals surface area contributed by atoms with Crippen molar-refractivity contribution in [2.75, 3.05) is 19.9 Å². The zero-order valence-electron chi connectivity index (χ0n) is 22.2. The first-order valence-electron chi connectivity index (χ1n) is 12.4. The van der Waals surface area contributed by atoms with Crippen LogP contribution in [0.1, 0.15) is 68.4 Å². The maximum atomic E-state index is 13.5. The Morgan fingerprint density at radius 3 is 2.57 bits per heavy atom. The third-order valence-electron chi connectivity index (χ3n) is 7.41. The largest absolute Gasteiger partial charge is 0.496 e. The van der Waals surface area contributed by atoms with Gasteiger partial charge in [0.1, 0.15) is 11.9 Å². The van der Waals surface area contributed by atoms with E-state index in [4.69, 9.17) is 9.47 Å². The number of cyclic esters (lactones) is 1. The van der Waals surface area contributed by atoms with E-state index >= 15 is 0 Å². The first-order valence-corrected chi connectivity index (χ1v) is 13.6. The van der Waals surface area contributed by atoms with Crippen molar-refractivity contribution in [2.45, 2.75) is 70.2 Å². The zero-order chi connectivity index (χ0) is 27.1. The van der Waals surface area contributed by atoms with Gasteiger partial charge in [0.15, 0.2) is 0 Å². The number of hydrogen-bond donors (Lipinski definition) is 0. The average molecular weight is 534 g/mol. The van der Waals surface area contributed by atoms with Gasteiger partial charge in [-0.05, 0) is 91.8 Å². The lowest BCUT2D eigenvalue weighted by Crippen LogP contribution is -2.35. The Morgan fingerprint density at radius 1 is 1.19 bits per heavy atom. The summed E-state index contributed by atoms with van der Waals surface area (Å²) in [5.74, 6) is 0.791. The van der Waals surface area contributed by atoms with Gasteiger partial charge in [-0.1, -0.05) is 25.5 Å². The summed E-state index contributed by atoms with van der Waals surface area (Å²) < 4.78 is 51.7. The van der Waals surface area contributed by atoms with Crippen LogP contribution in [-0.4, -0.2) is 36.9 Å². The van der Waals surface area contributed by atoms with Gasteiger partial charge >= 0.3 is 12.3 Å². The van der Waals surface area contributed by atoms with E-state index in [2.05, 4.69) is 19.9 Å². The molecule has 2 aromatic rings. The van der Waals surface area contributed by atoms with E-state index in [0.717, 1.165) is 53.2 Å². The molecule has 1 amide bonds. The van der Waals surface area contributed by atoms with E-state index in [0.29, 0.717) is 17.7 Å². The maximum Gasteiger partial charge on any atom is 0.416 e. The number of rotatable bonds is 6. The Bertz CT molecular complexity index is 1220. The standard InChI is InChI=1S/C29H34F3NO3S/c1-17-11-19(13-21(12-17)29(30,31)32)26-18(2)33(27(34)36-26)16-20-15-28(3,4)10-9-23(20)24-14-22(37-6)7-8-25(24)35-5/h7-8,11-14,18,26H,9-10,15-16H2,1-6H3/t18-,26-/m0/s1. The van der Waals surface area contributed by atoms with Crippen molar-refractivity contribution >= 4 is 23.4 Å². The number of allylic oxidation sites excluding steroid dienone is 1. The first kappa shape index (κ1) is 27.4. The molecule has 1 heterocycles. The van der Waals surface area contributed by atoms with Gasteiger partial charge < -0.3 is 9.47 Å². The van der Waals surface area contributed by atoms with Crippen LogP contribution in [0.25, 0.3) is 5.57 Å². The highest BCUT2D eigenvalue weighted by atomic mass is 32.2. The number of methoxy groups -OCH3 is 1. The summed E-state index contributed by atoms with van der Waals surface area (Å²) in [6.45, 7) is 8.27. The molecule has 2 aliphatic rings. The highest BCUT2D eigenvalue weighted by Crippen LogP contribution is 2.46. The molecule has 2 atom stereocenters. The van der Waals surface area contributed by atoms with Crippen LogP contribution < -0.4 is 4.74 Å². The van der Waals surface area contributed by atoms with Crippen molar-refractivity contribution < 1.29 is 27.4 Å². The van der Waals surface area contributed by atoms with Gasteiger partial charge in [0.25, 0.3) is 0 Å². The molecule has 4 nitrogen and oxygen atoms in total. The number of alkyl halides is 3. The summed E-state index contributed by atoms with van der Waals surface area (Å²) in [4.78, 5) is 15.8. The van der Waals surface area contributed by atoms with E-state index in [9.17, 15) is 18.0 Å². The summed E-state index contributed by atoms with van der Waals surface area (Å²) >= 11 is 1.66. The third kappa shape index (κ3) is 5.79. The van der Waals surface area contributed by atoms with Crippen LogP contribution in [0.2, 0.25) is 0 Å². The second kappa shape index (κ2) is 10.3. The number of hydrogen-bond acceptors (Lipinski definition) is 4. The topological polar surface area (TPSA) is 38.8 Å². The van der Waals surface area contributed by atoms with Crippen molar-refractivity contribution in [1.82, 2.24) is 4.90 Å². The quantitative estimate of drug-likeness (QED) is 0.350. The number of carbonyl (C=O) groups is 1. The highest BCUT2D eigenvalue weighted by molar-refractivity contribution is 7.98. The summed E-state index contributed by atoms with van der Waals surface area (Å²) in [6.07, 6.45) is -1.06. The molecule has 8 heteroatoms. The van der Waals surface area contributed by atoms with Crippen molar-refractivity contribution in [1.29, 1.82) is 0 Å². The molecule has 0 unspecified atom stereocenters. The number of thioether (sulfide) groups is 1. The minimum absolute atomic E-state index is 0.0631. The van der Waals surface area contributed by atoms with Gasteiger partial charge in [0.05, 0.1) is 18.7 Å². The predicted molar refractivity (Wildman–Crippen MR) is 141 cm³/mol. The SMILES string of the molecule is COc1ccc(SC)cc1C1=C(CN2C(=O)O[C@H](c3cc(C)cc(C(F)(F)F)c3)[C@@H]2C)CC(C)(C)CC1. The van der Waals surface area contributed by atoms with Crippen LogP contribution in [0.3, 0.4) is 0 Å². The van der Waals surface area contributed by atoms with Gasteiger partial charge in [-0.25, -0.2) is 4.79 Å². The molecule has 0 bridgehead atoms. The molecule has 4 rings (SSSR count). The Labute approximate surface area is 221 Å². The van der Waals surface area contributed by atoms with E-state index in [1.165, 1.54) is 5.57 Å². The summed E-state index contributed by atoms with van der Waals surface area (Å²) in [6, 6.07) is 9.59. The molecular formula is C29H34F3NO3S. The molecule has 1 aliphatic heterocycles. The monoisotopic (exact) mass is 533 g/mol. The first-order chi connectivity index (χ1) is 17.3.